The van der Waals surface area contributed by atoms with Gasteiger partial charge >= 0.3 is 5.97 Å². The van der Waals surface area contributed by atoms with E-state index in [4.69, 9.17) is 5.11 Å². The summed E-state index contributed by atoms with van der Waals surface area (Å²) < 4.78 is 0. The zero-order valence-corrected chi connectivity index (χ0v) is 12.4. The van der Waals surface area contributed by atoms with Gasteiger partial charge in [0.15, 0.2) is 0 Å². The molecule has 1 aromatic heterocycles. The van der Waals surface area contributed by atoms with Crippen LogP contribution in [-0.2, 0) is 11.3 Å². The van der Waals surface area contributed by atoms with Gasteiger partial charge in [-0.2, -0.15) is 0 Å². The number of carboxylic acids is 1. The first-order valence-corrected chi connectivity index (χ1v) is 7.40. The van der Waals surface area contributed by atoms with Gasteiger partial charge in [0.25, 0.3) is 0 Å². The van der Waals surface area contributed by atoms with Crippen molar-refractivity contribution < 1.29 is 14.7 Å². The Morgan fingerprint density at radius 3 is 2.42 bits per heavy atom. The molecule has 4 nitrogen and oxygen atoms in total. The third kappa shape index (κ3) is 4.35. The standard InChI is InChI=1S/C14H21NO3S/c1-4-10(5-2)9(3)13(16)15-8-11-6-7-12(19-11)14(17)18/h6-7,9-10H,4-5,8H2,1-3H3,(H,15,16)(H,17,18). The van der Waals surface area contributed by atoms with Crippen molar-refractivity contribution in [3.8, 4) is 0 Å². The van der Waals surface area contributed by atoms with Crippen molar-refractivity contribution in [3.05, 3.63) is 21.9 Å². The Kier molecular flexibility index (Phi) is 6.02. The lowest BCUT2D eigenvalue weighted by molar-refractivity contribution is -0.126. The second kappa shape index (κ2) is 7.28. The summed E-state index contributed by atoms with van der Waals surface area (Å²) in [5.74, 6) is -0.487. The van der Waals surface area contributed by atoms with E-state index in [1.54, 1.807) is 12.1 Å². The summed E-state index contributed by atoms with van der Waals surface area (Å²) in [5, 5.41) is 11.7. The third-order valence-electron chi connectivity index (χ3n) is 3.48. The van der Waals surface area contributed by atoms with E-state index in [-0.39, 0.29) is 11.8 Å². The Morgan fingerprint density at radius 2 is 1.95 bits per heavy atom. The van der Waals surface area contributed by atoms with Crippen molar-refractivity contribution in [2.75, 3.05) is 0 Å². The van der Waals surface area contributed by atoms with Crippen LogP contribution < -0.4 is 5.32 Å². The largest absolute Gasteiger partial charge is 0.477 e. The Labute approximate surface area is 117 Å². The fourth-order valence-corrected chi connectivity index (χ4v) is 2.92. The summed E-state index contributed by atoms with van der Waals surface area (Å²) in [7, 11) is 0. The van der Waals surface area contributed by atoms with Crippen LogP contribution in [0.5, 0.6) is 0 Å². The molecule has 0 aliphatic carbocycles. The molecule has 19 heavy (non-hydrogen) atoms. The maximum absolute atomic E-state index is 12.0. The van der Waals surface area contributed by atoms with Crippen LogP contribution in [0.2, 0.25) is 0 Å². The van der Waals surface area contributed by atoms with E-state index in [2.05, 4.69) is 19.2 Å². The van der Waals surface area contributed by atoms with Crippen LogP contribution in [0.25, 0.3) is 0 Å². The Bertz CT molecular complexity index is 438. The Hall–Kier alpha value is -1.36. The SMILES string of the molecule is CCC(CC)C(C)C(=O)NCc1ccc(C(=O)O)s1. The van der Waals surface area contributed by atoms with Crippen LogP contribution >= 0.6 is 11.3 Å². The monoisotopic (exact) mass is 283 g/mol. The number of aromatic carboxylic acids is 1. The molecule has 0 aliphatic heterocycles. The number of carbonyl (C=O) groups excluding carboxylic acids is 1. The highest BCUT2D eigenvalue weighted by molar-refractivity contribution is 7.13. The number of rotatable bonds is 7. The van der Waals surface area contributed by atoms with Gasteiger partial charge in [0.2, 0.25) is 5.91 Å². The molecule has 1 heterocycles. The predicted molar refractivity (Wildman–Crippen MR) is 76.4 cm³/mol. The summed E-state index contributed by atoms with van der Waals surface area (Å²) in [6.45, 7) is 6.54. The van der Waals surface area contributed by atoms with Crippen molar-refractivity contribution in [2.24, 2.45) is 11.8 Å². The third-order valence-corrected chi connectivity index (χ3v) is 4.55. The van der Waals surface area contributed by atoms with E-state index in [1.807, 2.05) is 6.92 Å². The van der Waals surface area contributed by atoms with Crippen molar-refractivity contribution in [1.29, 1.82) is 0 Å². The molecule has 5 heteroatoms. The lowest BCUT2D eigenvalue weighted by Crippen LogP contribution is -2.32. The van der Waals surface area contributed by atoms with Crippen LogP contribution in [-0.4, -0.2) is 17.0 Å². The van der Waals surface area contributed by atoms with Gasteiger partial charge in [-0.15, -0.1) is 11.3 Å². The second-order valence-electron chi connectivity index (χ2n) is 4.65. The average molecular weight is 283 g/mol. The molecule has 0 radical (unpaired) electrons. The van der Waals surface area contributed by atoms with Gasteiger partial charge in [0.05, 0.1) is 6.54 Å². The molecule has 0 aliphatic rings. The lowest BCUT2D eigenvalue weighted by atomic mass is 9.89. The maximum Gasteiger partial charge on any atom is 0.345 e. The minimum Gasteiger partial charge on any atom is -0.477 e. The molecule has 2 N–H and O–H groups in total. The van der Waals surface area contributed by atoms with Crippen molar-refractivity contribution in [2.45, 2.75) is 40.2 Å². The van der Waals surface area contributed by atoms with Crippen molar-refractivity contribution >= 4 is 23.2 Å². The van der Waals surface area contributed by atoms with E-state index >= 15 is 0 Å². The molecular formula is C14H21NO3S. The molecule has 0 saturated carbocycles. The topological polar surface area (TPSA) is 66.4 Å². The highest BCUT2D eigenvalue weighted by atomic mass is 32.1. The molecule has 1 atom stereocenters. The molecule has 1 unspecified atom stereocenters. The molecule has 0 saturated heterocycles. The van der Waals surface area contributed by atoms with Gasteiger partial charge in [-0.25, -0.2) is 4.79 Å². The minimum absolute atomic E-state index is 0.00564. The fraction of sp³-hybridized carbons (Fsp3) is 0.571. The fourth-order valence-electron chi connectivity index (χ4n) is 2.13. The lowest BCUT2D eigenvalue weighted by Gasteiger charge is -2.20. The number of amides is 1. The molecule has 106 valence electrons. The Balaban J connectivity index is 2.51. The number of hydrogen-bond donors (Lipinski definition) is 2. The summed E-state index contributed by atoms with van der Waals surface area (Å²) in [5.41, 5.74) is 0. The predicted octanol–water partition coefficient (Wildman–Crippen LogP) is 3.13. The van der Waals surface area contributed by atoms with Gasteiger partial charge in [-0.05, 0) is 18.1 Å². The zero-order chi connectivity index (χ0) is 14.4. The smallest absolute Gasteiger partial charge is 0.345 e. The summed E-state index contributed by atoms with van der Waals surface area (Å²) in [6.07, 6.45) is 1.99. The van der Waals surface area contributed by atoms with Gasteiger partial charge in [-0.3, -0.25) is 4.79 Å². The van der Waals surface area contributed by atoms with Gasteiger partial charge < -0.3 is 10.4 Å². The van der Waals surface area contributed by atoms with Gasteiger partial charge in [0, 0.05) is 10.8 Å². The molecule has 1 aromatic rings. The maximum atomic E-state index is 12.0. The summed E-state index contributed by atoms with van der Waals surface area (Å²) in [4.78, 5) is 23.9. The van der Waals surface area contributed by atoms with Crippen molar-refractivity contribution in [3.63, 3.8) is 0 Å². The van der Waals surface area contributed by atoms with Crippen LogP contribution in [0.4, 0.5) is 0 Å². The van der Waals surface area contributed by atoms with Gasteiger partial charge in [-0.1, -0.05) is 33.6 Å². The highest BCUT2D eigenvalue weighted by Crippen LogP contribution is 2.20. The molecule has 0 spiro atoms. The number of thiophene rings is 1. The van der Waals surface area contributed by atoms with Gasteiger partial charge in [0.1, 0.15) is 4.88 Å². The number of nitrogens with one attached hydrogen (secondary N) is 1. The molecule has 1 amide bonds. The molecule has 0 aromatic carbocycles. The first kappa shape index (κ1) is 15.7. The van der Waals surface area contributed by atoms with E-state index in [9.17, 15) is 9.59 Å². The number of carbonyl (C=O) groups is 2. The van der Waals surface area contributed by atoms with E-state index < -0.39 is 5.97 Å². The normalized spacial score (nSPS) is 12.4. The molecule has 0 fully saturated rings. The first-order chi connectivity index (χ1) is 8.99. The quantitative estimate of drug-likeness (QED) is 0.808. The minimum atomic E-state index is -0.923. The van der Waals surface area contributed by atoms with Crippen molar-refractivity contribution in [1.82, 2.24) is 5.32 Å². The zero-order valence-electron chi connectivity index (χ0n) is 11.6. The van der Waals surface area contributed by atoms with Crippen LogP contribution in [0.15, 0.2) is 12.1 Å². The van der Waals surface area contributed by atoms with Crippen LogP contribution in [0.3, 0.4) is 0 Å². The second-order valence-corrected chi connectivity index (χ2v) is 5.82. The average Bonchev–Trinajstić information content (AvgIpc) is 2.86. The number of hydrogen-bond acceptors (Lipinski definition) is 3. The van der Waals surface area contributed by atoms with E-state index in [0.29, 0.717) is 17.3 Å². The summed E-state index contributed by atoms with van der Waals surface area (Å²) >= 11 is 1.20. The van der Waals surface area contributed by atoms with Crippen LogP contribution in [0, 0.1) is 11.8 Å². The highest BCUT2D eigenvalue weighted by Gasteiger charge is 2.20. The van der Waals surface area contributed by atoms with E-state index in [1.165, 1.54) is 11.3 Å². The summed E-state index contributed by atoms with van der Waals surface area (Å²) in [6, 6.07) is 3.31. The number of carboxylic acid groups (broad SMARTS) is 1. The van der Waals surface area contributed by atoms with Crippen LogP contribution in [0.1, 0.15) is 48.2 Å². The molecule has 0 bridgehead atoms. The first-order valence-electron chi connectivity index (χ1n) is 6.59. The Morgan fingerprint density at radius 1 is 1.32 bits per heavy atom. The van der Waals surface area contributed by atoms with E-state index in [0.717, 1.165) is 17.7 Å². The molecular weight excluding hydrogens is 262 g/mol. The molecule has 1 rings (SSSR count).